The first-order chi connectivity index (χ1) is 9.57. The number of amides is 1. The summed E-state index contributed by atoms with van der Waals surface area (Å²) in [5.74, 6) is 0.243. The van der Waals surface area contributed by atoms with E-state index in [1.165, 1.54) is 0 Å². The Balaban J connectivity index is 2.07. The summed E-state index contributed by atoms with van der Waals surface area (Å²) in [6.07, 6.45) is 2.94. The Labute approximate surface area is 126 Å². The van der Waals surface area contributed by atoms with Crippen LogP contribution < -0.4 is 5.32 Å². The number of carbonyl (C=O) groups excluding carboxylic acids is 1. The van der Waals surface area contributed by atoms with Crippen LogP contribution in [0.4, 0.5) is 0 Å². The van der Waals surface area contributed by atoms with E-state index in [1.54, 1.807) is 0 Å². The summed E-state index contributed by atoms with van der Waals surface area (Å²) in [7, 11) is 1.88. The largest absolute Gasteiger partial charge is 0.341 e. The van der Waals surface area contributed by atoms with Gasteiger partial charge in [-0.15, -0.1) is 0 Å². The summed E-state index contributed by atoms with van der Waals surface area (Å²) in [4.78, 5) is 14.6. The topological polar surface area (TPSA) is 32.3 Å². The lowest BCUT2D eigenvalue weighted by atomic mass is 9.77. The molecule has 1 fully saturated rings. The molecular weight excluding hydrogens is 272 g/mol. The van der Waals surface area contributed by atoms with Crippen LogP contribution in [0.5, 0.6) is 0 Å². The molecule has 1 amide bonds. The van der Waals surface area contributed by atoms with E-state index in [0.29, 0.717) is 11.6 Å². The monoisotopic (exact) mass is 294 g/mol. The smallest absolute Gasteiger partial charge is 0.230 e. The zero-order valence-electron chi connectivity index (χ0n) is 12.3. The molecule has 4 heteroatoms. The van der Waals surface area contributed by atoms with Crippen molar-refractivity contribution in [3.63, 3.8) is 0 Å². The second kappa shape index (κ2) is 6.59. The lowest BCUT2D eigenvalue weighted by Crippen LogP contribution is -2.50. The van der Waals surface area contributed by atoms with Gasteiger partial charge in [0.05, 0.1) is 5.41 Å². The molecular formula is C16H23ClN2O. The van der Waals surface area contributed by atoms with Gasteiger partial charge in [0.15, 0.2) is 0 Å². The van der Waals surface area contributed by atoms with Gasteiger partial charge in [-0.25, -0.2) is 0 Å². The molecule has 2 rings (SSSR count). The van der Waals surface area contributed by atoms with E-state index in [2.05, 4.69) is 12.2 Å². The van der Waals surface area contributed by atoms with Crippen molar-refractivity contribution in [1.82, 2.24) is 10.2 Å². The molecule has 1 saturated heterocycles. The quantitative estimate of drug-likeness (QED) is 0.925. The second-order valence-electron chi connectivity index (χ2n) is 5.71. The van der Waals surface area contributed by atoms with Crippen LogP contribution in [0.1, 0.15) is 31.7 Å². The predicted molar refractivity (Wildman–Crippen MR) is 82.8 cm³/mol. The SMILES string of the molecule is CCC1(C(=O)N(C)Cc2cccc(Cl)c2)CCCNC1. The second-order valence-corrected chi connectivity index (χ2v) is 6.14. The van der Waals surface area contributed by atoms with Gasteiger partial charge in [0.2, 0.25) is 5.91 Å². The minimum Gasteiger partial charge on any atom is -0.341 e. The number of carbonyl (C=O) groups is 1. The Morgan fingerprint density at radius 1 is 1.50 bits per heavy atom. The first kappa shape index (κ1) is 15.3. The number of hydrogen-bond acceptors (Lipinski definition) is 2. The average Bonchev–Trinajstić information content (AvgIpc) is 2.47. The zero-order chi connectivity index (χ0) is 14.6. The number of nitrogens with zero attached hydrogens (tertiary/aromatic N) is 1. The third-order valence-corrected chi connectivity index (χ3v) is 4.49. The fraction of sp³-hybridized carbons (Fsp3) is 0.562. The van der Waals surface area contributed by atoms with E-state index < -0.39 is 0 Å². The maximum Gasteiger partial charge on any atom is 0.230 e. The van der Waals surface area contributed by atoms with Crippen LogP contribution in [0.2, 0.25) is 5.02 Å². The van der Waals surface area contributed by atoms with Crippen molar-refractivity contribution in [2.45, 2.75) is 32.7 Å². The molecule has 0 saturated carbocycles. The lowest BCUT2D eigenvalue weighted by Gasteiger charge is -2.38. The molecule has 0 aromatic heterocycles. The molecule has 0 aliphatic carbocycles. The van der Waals surface area contributed by atoms with E-state index in [1.807, 2.05) is 36.2 Å². The average molecular weight is 295 g/mol. The molecule has 0 bridgehead atoms. The van der Waals surface area contributed by atoms with Gasteiger partial charge in [-0.05, 0) is 43.5 Å². The van der Waals surface area contributed by atoms with E-state index in [9.17, 15) is 4.79 Å². The van der Waals surface area contributed by atoms with Gasteiger partial charge in [-0.1, -0.05) is 30.7 Å². The summed E-state index contributed by atoms with van der Waals surface area (Å²) in [6, 6.07) is 7.70. The molecule has 1 heterocycles. The fourth-order valence-electron chi connectivity index (χ4n) is 2.99. The van der Waals surface area contributed by atoms with E-state index in [0.717, 1.165) is 37.9 Å². The fourth-order valence-corrected chi connectivity index (χ4v) is 3.20. The highest BCUT2D eigenvalue weighted by Gasteiger charge is 2.39. The van der Waals surface area contributed by atoms with Crippen molar-refractivity contribution >= 4 is 17.5 Å². The molecule has 20 heavy (non-hydrogen) atoms. The molecule has 0 spiro atoms. The predicted octanol–water partition coefficient (Wildman–Crippen LogP) is 3.08. The number of rotatable bonds is 4. The van der Waals surface area contributed by atoms with Crippen molar-refractivity contribution in [3.05, 3.63) is 34.9 Å². The third-order valence-electron chi connectivity index (χ3n) is 4.26. The summed E-state index contributed by atoms with van der Waals surface area (Å²) in [6.45, 7) is 4.54. The summed E-state index contributed by atoms with van der Waals surface area (Å²) in [5.41, 5.74) is 0.842. The van der Waals surface area contributed by atoms with Gasteiger partial charge in [-0.3, -0.25) is 4.79 Å². The minimum atomic E-state index is -0.231. The van der Waals surface area contributed by atoms with Crippen molar-refractivity contribution < 1.29 is 4.79 Å². The van der Waals surface area contributed by atoms with Gasteiger partial charge in [0.25, 0.3) is 0 Å². The Morgan fingerprint density at radius 2 is 2.30 bits per heavy atom. The van der Waals surface area contributed by atoms with Crippen LogP contribution in [-0.2, 0) is 11.3 Å². The van der Waals surface area contributed by atoms with Gasteiger partial charge in [0.1, 0.15) is 0 Å². The van der Waals surface area contributed by atoms with Gasteiger partial charge in [-0.2, -0.15) is 0 Å². The Bertz CT molecular complexity index is 469. The highest BCUT2D eigenvalue weighted by Crippen LogP contribution is 2.32. The maximum absolute atomic E-state index is 12.8. The van der Waals surface area contributed by atoms with E-state index in [4.69, 9.17) is 11.6 Å². The molecule has 1 aliphatic rings. The Kier molecular flexibility index (Phi) is 5.06. The van der Waals surface area contributed by atoms with Crippen molar-refractivity contribution in [1.29, 1.82) is 0 Å². The number of piperidine rings is 1. The summed E-state index contributed by atoms with van der Waals surface area (Å²) >= 11 is 6.00. The molecule has 1 atom stereocenters. The third kappa shape index (κ3) is 3.33. The van der Waals surface area contributed by atoms with Crippen LogP contribution in [0, 0.1) is 5.41 Å². The molecule has 0 radical (unpaired) electrons. The van der Waals surface area contributed by atoms with Crippen molar-refractivity contribution in [2.24, 2.45) is 5.41 Å². The molecule has 110 valence electrons. The molecule has 1 N–H and O–H groups in total. The molecule has 1 aliphatic heterocycles. The van der Waals surface area contributed by atoms with Crippen molar-refractivity contribution in [2.75, 3.05) is 20.1 Å². The first-order valence-corrected chi connectivity index (χ1v) is 7.66. The maximum atomic E-state index is 12.8. The lowest BCUT2D eigenvalue weighted by molar-refractivity contribution is -0.142. The van der Waals surface area contributed by atoms with Crippen LogP contribution in [0.15, 0.2) is 24.3 Å². The number of halogens is 1. The molecule has 1 aromatic carbocycles. The highest BCUT2D eigenvalue weighted by molar-refractivity contribution is 6.30. The van der Waals surface area contributed by atoms with Crippen LogP contribution in [0.3, 0.4) is 0 Å². The highest BCUT2D eigenvalue weighted by atomic mass is 35.5. The number of nitrogens with one attached hydrogen (secondary N) is 1. The Morgan fingerprint density at radius 3 is 2.90 bits per heavy atom. The van der Waals surface area contributed by atoms with Gasteiger partial charge < -0.3 is 10.2 Å². The van der Waals surface area contributed by atoms with Gasteiger partial charge >= 0.3 is 0 Å². The van der Waals surface area contributed by atoms with E-state index in [-0.39, 0.29) is 11.3 Å². The Hall–Kier alpha value is -1.06. The normalized spacial score (nSPS) is 22.6. The zero-order valence-corrected chi connectivity index (χ0v) is 13.0. The van der Waals surface area contributed by atoms with E-state index >= 15 is 0 Å². The van der Waals surface area contributed by atoms with Crippen LogP contribution >= 0.6 is 11.6 Å². The van der Waals surface area contributed by atoms with Crippen LogP contribution in [-0.4, -0.2) is 30.9 Å². The molecule has 3 nitrogen and oxygen atoms in total. The van der Waals surface area contributed by atoms with Crippen LogP contribution in [0.25, 0.3) is 0 Å². The molecule has 1 aromatic rings. The first-order valence-electron chi connectivity index (χ1n) is 7.28. The summed E-state index contributed by atoms with van der Waals surface area (Å²) < 4.78 is 0. The number of hydrogen-bond donors (Lipinski definition) is 1. The van der Waals surface area contributed by atoms with Gasteiger partial charge in [0, 0.05) is 25.2 Å². The molecule has 1 unspecified atom stereocenters. The van der Waals surface area contributed by atoms with Crippen molar-refractivity contribution in [3.8, 4) is 0 Å². The minimum absolute atomic E-state index is 0.231. The summed E-state index contributed by atoms with van der Waals surface area (Å²) in [5, 5.41) is 4.08. The standard InChI is InChI=1S/C16H23ClN2O/c1-3-16(8-5-9-18-12-16)15(20)19(2)11-13-6-4-7-14(17)10-13/h4,6-7,10,18H,3,5,8-9,11-12H2,1-2H3. The number of benzene rings is 1.